The molecule has 0 spiro atoms. The maximum absolute atomic E-state index is 3.68. The average Bonchev–Trinajstić information content (AvgIpc) is 3.23. The van der Waals surface area contributed by atoms with Crippen LogP contribution in [-0.2, 0) is 0 Å². The van der Waals surface area contributed by atoms with Gasteiger partial charge < -0.3 is 5.32 Å². The SMILES string of the molecule is Cc1ccc(C(Nc2ccccc2)C2CC2)cc1. The predicted octanol–water partition coefficient (Wildman–Crippen LogP) is 4.56. The molecule has 1 fully saturated rings. The van der Waals surface area contributed by atoms with Crippen LogP contribution in [0.1, 0.15) is 30.0 Å². The Morgan fingerprint density at radius 3 is 2.22 bits per heavy atom. The number of aryl methyl sites for hydroxylation is 1. The van der Waals surface area contributed by atoms with E-state index in [-0.39, 0.29) is 0 Å². The van der Waals surface area contributed by atoms with Crippen molar-refractivity contribution in [2.24, 2.45) is 5.92 Å². The summed E-state index contributed by atoms with van der Waals surface area (Å²) >= 11 is 0. The van der Waals surface area contributed by atoms with Crippen LogP contribution in [-0.4, -0.2) is 0 Å². The molecule has 1 aliphatic carbocycles. The van der Waals surface area contributed by atoms with E-state index in [1.165, 1.54) is 29.7 Å². The molecule has 1 N–H and O–H groups in total. The van der Waals surface area contributed by atoms with E-state index >= 15 is 0 Å². The van der Waals surface area contributed by atoms with E-state index in [9.17, 15) is 0 Å². The van der Waals surface area contributed by atoms with Crippen molar-refractivity contribution in [1.82, 2.24) is 0 Å². The molecular formula is C17H19N. The first-order valence-corrected chi connectivity index (χ1v) is 6.71. The number of rotatable bonds is 4. The van der Waals surface area contributed by atoms with Gasteiger partial charge in [0.25, 0.3) is 0 Å². The van der Waals surface area contributed by atoms with Crippen molar-refractivity contribution in [3.05, 3.63) is 65.7 Å². The van der Waals surface area contributed by atoms with Gasteiger partial charge in [-0.1, -0.05) is 48.0 Å². The minimum absolute atomic E-state index is 0.466. The van der Waals surface area contributed by atoms with Crippen molar-refractivity contribution < 1.29 is 0 Å². The van der Waals surface area contributed by atoms with Crippen LogP contribution in [0.2, 0.25) is 0 Å². The fraction of sp³-hybridized carbons (Fsp3) is 0.294. The molecule has 1 aliphatic rings. The molecule has 2 aromatic carbocycles. The Bertz CT molecular complexity index is 497. The Kier molecular flexibility index (Phi) is 3.06. The van der Waals surface area contributed by atoms with Gasteiger partial charge in [-0.05, 0) is 43.4 Å². The summed E-state index contributed by atoms with van der Waals surface area (Å²) in [4.78, 5) is 0. The molecule has 1 unspecified atom stereocenters. The molecular weight excluding hydrogens is 218 g/mol. The zero-order valence-corrected chi connectivity index (χ0v) is 10.8. The van der Waals surface area contributed by atoms with Gasteiger partial charge in [0.1, 0.15) is 0 Å². The van der Waals surface area contributed by atoms with E-state index < -0.39 is 0 Å². The van der Waals surface area contributed by atoms with Gasteiger partial charge in [-0.25, -0.2) is 0 Å². The van der Waals surface area contributed by atoms with Crippen molar-refractivity contribution in [3.63, 3.8) is 0 Å². The molecule has 0 bridgehead atoms. The minimum atomic E-state index is 0.466. The van der Waals surface area contributed by atoms with Gasteiger partial charge in [0.15, 0.2) is 0 Å². The average molecular weight is 237 g/mol. The van der Waals surface area contributed by atoms with Crippen molar-refractivity contribution >= 4 is 5.69 Å². The summed E-state index contributed by atoms with van der Waals surface area (Å²) < 4.78 is 0. The molecule has 0 heterocycles. The van der Waals surface area contributed by atoms with Gasteiger partial charge in [-0.15, -0.1) is 0 Å². The predicted molar refractivity (Wildman–Crippen MR) is 76.7 cm³/mol. The zero-order valence-electron chi connectivity index (χ0n) is 10.8. The first-order valence-electron chi connectivity index (χ1n) is 6.71. The summed E-state index contributed by atoms with van der Waals surface area (Å²) in [7, 11) is 0. The zero-order chi connectivity index (χ0) is 12.4. The van der Waals surface area contributed by atoms with Crippen LogP contribution >= 0.6 is 0 Å². The number of para-hydroxylation sites is 1. The lowest BCUT2D eigenvalue weighted by molar-refractivity contribution is 0.679. The summed E-state index contributed by atoms with van der Waals surface area (Å²) in [6.45, 7) is 2.14. The molecule has 1 atom stereocenters. The summed E-state index contributed by atoms with van der Waals surface area (Å²) in [5.41, 5.74) is 3.95. The van der Waals surface area contributed by atoms with E-state index in [0.29, 0.717) is 6.04 Å². The van der Waals surface area contributed by atoms with E-state index in [1.807, 2.05) is 0 Å². The van der Waals surface area contributed by atoms with Gasteiger partial charge in [0.05, 0.1) is 6.04 Å². The highest BCUT2D eigenvalue weighted by molar-refractivity contribution is 5.46. The second kappa shape index (κ2) is 4.85. The summed E-state index contributed by atoms with van der Waals surface area (Å²) in [6.07, 6.45) is 2.69. The largest absolute Gasteiger partial charge is 0.378 e. The maximum Gasteiger partial charge on any atom is 0.0542 e. The fourth-order valence-corrected chi connectivity index (χ4v) is 2.39. The van der Waals surface area contributed by atoms with Gasteiger partial charge in [0.2, 0.25) is 0 Å². The van der Waals surface area contributed by atoms with E-state index in [4.69, 9.17) is 0 Å². The fourth-order valence-electron chi connectivity index (χ4n) is 2.39. The van der Waals surface area contributed by atoms with Crippen LogP contribution in [0.3, 0.4) is 0 Å². The van der Waals surface area contributed by atoms with Crippen LogP contribution in [0, 0.1) is 12.8 Å². The van der Waals surface area contributed by atoms with E-state index in [0.717, 1.165) is 5.92 Å². The van der Waals surface area contributed by atoms with Gasteiger partial charge in [-0.2, -0.15) is 0 Å². The first kappa shape index (κ1) is 11.3. The van der Waals surface area contributed by atoms with Crippen molar-refractivity contribution in [2.75, 3.05) is 5.32 Å². The molecule has 0 aromatic heterocycles. The third kappa shape index (κ3) is 2.56. The number of anilines is 1. The topological polar surface area (TPSA) is 12.0 Å². The van der Waals surface area contributed by atoms with Crippen molar-refractivity contribution in [3.8, 4) is 0 Å². The second-order valence-corrected chi connectivity index (χ2v) is 5.24. The van der Waals surface area contributed by atoms with Crippen LogP contribution in [0.4, 0.5) is 5.69 Å². The first-order chi connectivity index (χ1) is 8.83. The Labute approximate surface area is 109 Å². The number of benzene rings is 2. The molecule has 92 valence electrons. The molecule has 1 nitrogen and oxygen atoms in total. The molecule has 0 aliphatic heterocycles. The molecule has 3 rings (SSSR count). The van der Waals surface area contributed by atoms with E-state index in [1.54, 1.807) is 0 Å². The Morgan fingerprint density at radius 2 is 1.61 bits per heavy atom. The highest BCUT2D eigenvalue weighted by Crippen LogP contribution is 2.42. The van der Waals surface area contributed by atoms with Crippen molar-refractivity contribution in [2.45, 2.75) is 25.8 Å². The Morgan fingerprint density at radius 1 is 0.944 bits per heavy atom. The van der Waals surface area contributed by atoms with Crippen LogP contribution in [0.5, 0.6) is 0 Å². The van der Waals surface area contributed by atoms with Crippen molar-refractivity contribution in [1.29, 1.82) is 0 Å². The maximum atomic E-state index is 3.68. The normalized spacial score (nSPS) is 16.3. The Hall–Kier alpha value is -1.76. The van der Waals surface area contributed by atoms with Crippen LogP contribution in [0.25, 0.3) is 0 Å². The minimum Gasteiger partial charge on any atom is -0.378 e. The molecule has 1 saturated carbocycles. The molecule has 18 heavy (non-hydrogen) atoms. The lowest BCUT2D eigenvalue weighted by atomic mass is 10.0. The quantitative estimate of drug-likeness (QED) is 0.822. The van der Waals surface area contributed by atoms with Crippen LogP contribution in [0.15, 0.2) is 54.6 Å². The number of nitrogens with one attached hydrogen (secondary N) is 1. The number of hydrogen-bond donors (Lipinski definition) is 1. The monoisotopic (exact) mass is 237 g/mol. The Balaban J connectivity index is 1.82. The second-order valence-electron chi connectivity index (χ2n) is 5.24. The lowest BCUT2D eigenvalue weighted by Gasteiger charge is -2.20. The number of hydrogen-bond acceptors (Lipinski definition) is 1. The smallest absolute Gasteiger partial charge is 0.0542 e. The van der Waals surface area contributed by atoms with Crippen LogP contribution < -0.4 is 5.32 Å². The summed E-state index contributed by atoms with van der Waals surface area (Å²) in [5, 5.41) is 3.68. The standard InChI is InChI=1S/C17H19N/c1-13-7-9-14(10-8-13)17(15-11-12-15)18-16-5-3-2-4-6-16/h2-10,15,17-18H,11-12H2,1H3. The third-order valence-corrected chi connectivity index (χ3v) is 3.63. The molecule has 0 amide bonds. The van der Waals surface area contributed by atoms with Gasteiger partial charge in [-0.3, -0.25) is 0 Å². The molecule has 0 saturated heterocycles. The molecule has 2 aromatic rings. The van der Waals surface area contributed by atoms with Gasteiger partial charge in [0, 0.05) is 5.69 Å². The van der Waals surface area contributed by atoms with Gasteiger partial charge >= 0.3 is 0 Å². The highest BCUT2D eigenvalue weighted by Gasteiger charge is 2.32. The molecule has 0 radical (unpaired) electrons. The summed E-state index contributed by atoms with van der Waals surface area (Å²) in [6, 6.07) is 19.9. The van der Waals surface area contributed by atoms with E-state index in [2.05, 4.69) is 66.8 Å². The lowest BCUT2D eigenvalue weighted by Crippen LogP contribution is -2.12. The third-order valence-electron chi connectivity index (χ3n) is 3.63. The highest BCUT2D eigenvalue weighted by atomic mass is 14.9. The summed E-state index contributed by atoms with van der Waals surface area (Å²) in [5.74, 6) is 0.799. The molecule has 1 heteroatoms.